The lowest BCUT2D eigenvalue weighted by atomic mass is 10.4. The van der Waals surface area contributed by atoms with Gasteiger partial charge in [0.25, 0.3) is 0 Å². The maximum atomic E-state index is 12.3. The van der Waals surface area contributed by atoms with Gasteiger partial charge in [-0.3, -0.25) is 4.68 Å². The maximum Gasteiger partial charge on any atom is 0.191 e. The van der Waals surface area contributed by atoms with Crippen LogP contribution in [0.1, 0.15) is 12.7 Å². The summed E-state index contributed by atoms with van der Waals surface area (Å²) in [6.07, 6.45) is 1.47. The van der Waals surface area contributed by atoms with Crippen molar-refractivity contribution in [1.82, 2.24) is 25.4 Å². The molecule has 2 aromatic rings. The first kappa shape index (κ1) is 22.8. The van der Waals surface area contributed by atoms with Crippen LogP contribution < -0.4 is 10.6 Å². The Hall–Kier alpha value is -1.21. The zero-order chi connectivity index (χ0) is 18.3. The molecule has 0 unspecified atom stereocenters. The number of hydrogen-bond donors (Lipinski definition) is 2. The van der Waals surface area contributed by atoms with E-state index in [9.17, 15) is 8.42 Å². The number of aromatic nitrogens is 3. The largest absolute Gasteiger partial charge is 0.357 e. The molecule has 0 spiro atoms. The molecule has 11 heteroatoms. The van der Waals surface area contributed by atoms with Crippen LogP contribution in [0, 0.1) is 0 Å². The van der Waals surface area contributed by atoms with Crippen molar-refractivity contribution >= 4 is 55.7 Å². The van der Waals surface area contributed by atoms with Gasteiger partial charge in [-0.15, -0.1) is 24.0 Å². The monoisotopic (exact) mass is 556 g/mol. The minimum atomic E-state index is -3.35. The highest BCUT2D eigenvalue weighted by molar-refractivity contribution is 14.0. The Morgan fingerprint density at radius 2 is 1.96 bits per heavy atom. The van der Waals surface area contributed by atoms with Crippen LogP contribution in [-0.2, 0) is 23.4 Å². The zero-order valence-corrected chi connectivity index (χ0v) is 19.2. The minimum absolute atomic E-state index is 0. The van der Waals surface area contributed by atoms with Gasteiger partial charge < -0.3 is 10.6 Å². The Morgan fingerprint density at radius 3 is 2.54 bits per heavy atom. The smallest absolute Gasteiger partial charge is 0.191 e. The lowest BCUT2D eigenvalue weighted by molar-refractivity contribution is 0.594. The molecule has 0 fully saturated rings. The van der Waals surface area contributed by atoms with Gasteiger partial charge >= 0.3 is 0 Å². The van der Waals surface area contributed by atoms with E-state index in [0.29, 0.717) is 23.9 Å². The van der Waals surface area contributed by atoms with Crippen molar-refractivity contribution in [3.8, 4) is 0 Å². The molecule has 8 nitrogen and oxygen atoms in total. The number of aryl methyl sites for hydroxylation is 1. The summed E-state index contributed by atoms with van der Waals surface area (Å²) >= 11 is 3.30. The molecule has 2 rings (SSSR count). The summed E-state index contributed by atoms with van der Waals surface area (Å²) in [6.45, 7) is 3.22. The number of rotatable bonds is 7. The number of hydrogen-bond acceptors (Lipinski definition) is 5. The second kappa shape index (κ2) is 10.8. The van der Waals surface area contributed by atoms with Crippen molar-refractivity contribution in [2.75, 3.05) is 18.8 Å². The van der Waals surface area contributed by atoms with Crippen molar-refractivity contribution in [2.45, 2.75) is 18.4 Å². The summed E-state index contributed by atoms with van der Waals surface area (Å²) < 4.78 is 27.2. The first-order chi connectivity index (χ1) is 11.9. The molecule has 0 amide bonds. The Labute approximate surface area is 179 Å². The number of nitrogens with one attached hydrogen (secondary N) is 2. The molecule has 0 bridgehead atoms. The van der Waals surface area contributed by atoms with Crippen LogP contribution in [0.15, 0.2) is 45.0 Å². The summed E-state index contributed by atoms with van der Waals surface area (Å²) in [5.74, 6) is 1.24. The van der Waals surface area contributed by atoms with Crippen LogP contribution in [0.5, 0.6) is 0 Å². The number of aliphatic imine (C=N–C) groups is 1. The van der Waals surface area contributed by atoms with E-state index in [1.54, 1.807) is 36.0 Å². The highest BCUT2D eigenvalue weighted by Gasteiger charge is 2.14. The number of guanidine groups is 1. The molecular weight excluding hydrogens is 535 g/mol. The number of sulfone groups is 1. The fourth-order valence-corrected chi connectivity index (χ4v) is 3.44. The summed E-state index contributed by atoms with van der Waals surface area (Å²) in [6, 6.07) is 6.61. The molecule has 26 heavy (non-hydrogen) atoms. The molecule has 144 valence electrons. The van der Waals surface area contributed by atoms with Crippen LogP contribution in [0.3, 0.4) is 0 Å². The fourth-order valence-electron chi connectivity index (χ4n) is 2.02. The third-order valence-electron chi connectivity index (χ3n) is 3.36. The van der Waals surface area contributed by atoms with Gasteiger partial charge in [-0.25, -0.2) is 18.4 Å². The molecule has 0 atom stereocenters. The zero-order valence-electron chi connectivity index (χ0n) is 14.5. The highest BCUT2D eigenvalue weighted by Crippen LogP contribution is 2.15. The van der Waals surface area contributed by atoms with Crippen LogP contribution in [0.4, 0.5) is 0 Å². The lowest BCUT2D eigenvalue weighted by Gasteiger charge is -2.11. The van der Waals surface area contributed by atoms with Gasteiger partial charge in [-0.1, -0.05) is 15.9 Å². The maximum absolute atomic E-state index is 12.3. The minimum Gasteiger partial charge on any atom is -0.357 e. The van der Waals surface area contributed by atoms with Gasteiger partial charge in [-0.2, -0.15) is 5.10 Å². The molecule has 2 N–H and O–H groups in total. The molecule has 0 saturated carbocycles. The number of nitrogens with zero attached hydrogens (tertiary/aromatic N) is 4. The van der Waals surface area contributed by atoms with Gasteiger partial charge in [-0.05, 0) is 31.2 Å². The molecule has 1 heterocycles. The van der Waals surface area contributed by atoms with Crippen LogP contribution in [0.25, 0.3) is 0 Å². The van der Waals surface area contributed by atoms with Crippen LogP contribution in [0.2, 0.25) is 0 Å². The lowest BCUT2D eigenvalue weighted by Crippen LogP contribution is -2.39. The molecule has 0 radical (unpaired) electrons. The quantitative estimate of drug-likeness (QED) is 0.306. The first-order valence-electron chi connectivity index (χ1n) is 7.75. The Balaban J connectivity index is 0.00000338. The topological polar surface area (TPSA) is 101 Å². The summed E-state index contributed by atoms with van der Waals surface area (Å²) in [4.78, 5) is 8.80. The molecule has 0 aliphatic carbocycles. The Bertz CT molecular complexity index is 823. The van der Waals surface area contributed by atoms with Crippen LogP contribution >= 0.6 is 39.9 Å². The summed E-state index contributed by atoms with van der Waals surface area (Å²) in [5.41, 5.74) is 0. The van der Waals surface area contributed by atoms with E-state index >= 15 is 0 Å². The van der Waals surface area contributed by atoms with E-state index in [0.717, 1.165) is 10.3 Å². The van der Waals surface area contributed by atoms with Crippen molar-refractivity contribution in [2.24, 2.45) is 12.0 Å². The van der Waals surface area contributed by atoms with E-state index in [-0.39, 0.29) is 36.3 Å². The molecular formula is C15H22BrIN6O2S. The van der Waals surface area contributed by atoms with E-state index in [4.69, 9.17) is 0 Å². The first-order valence-corrected chi connectivity index (χ1v) is 10.2. The molecule has 0 aliphatic rings. The van der Waals surface area contributed by atoms with Crippen molar-refractivity contribution < 1.29 is 8.42 Å². The second-order valence-corrected chi connectivity index (χ2v) is 8.22. The van der Waals surface area contributed by atoms with E-state index < -0.39 is 9.84 Å². The van der Waals surface area contributed by atoms with Gasteiger partial charge in [0.05, 0.1) is 10.6 Å². The van der Waals surface area contributed by atoms with Crippen LogP contribution in [-0.4, -0.2) is 48.0 Å². The Kier molecular flexibility index (Phi) is 9.50. The summed E-state index contributed by atoms with van der Waals surface area (Å²) in [7, 11) is -1.55. The van der Waals surface area contributed by atoms with E-state index in [1.807, 2.05) is 6.92 Å². The van der Waals surface area contributed by atoms with Gasteiger partial charge in [0.2, 0.25) is 0 Å². The van der Waals surface area contributed by atoms with E-state index in [2.05, 4.69) is 41.6 Å². The summed E-state index contributed by atoms with van der Waals surface area (Å²) in [5, 5.41) is 10.1. The fraction of sp³-hybridized carbons (Fsp3) is 0.400. The van der Waals surface area contributed by atoms with Crippen molar-refractivity contribution in [3.63, 3.8) is 0 Å². The molecule has 1 aromatic carbocycles. The normalized spacial score (nSPS) is 11.7. The molecule has 0 aliphatic heterocycles. The molecule has 1 aromatic heterocycles. The van der Waals surface area contributed by atoms with Crippen molar-refractivity contribution in [1.29, 1.82) is 0 Å². The standard InChI is InChI=1S/C15H21BrN6O2S.HI/c1-3-17-15(19-10-14-20-11-21-22(14)2)18-8-9-25(23,24)13-6-4-12(16)5-7-13;/h4-7,11H,3,8-10H2,1-2H3,(H2,17,18,19);1H. The average molecular weight is 557 g/mol. The van der Waals surface area contributed by atoms with Crippen molar-refractivity contribution in [3.05, 3.63) is 40.9 Å². The van der Waals surface area contributed by atoms with Gasteiger partial charge in [0.1, 0.15) is 18.7 Å². The number of halogens is 2. The van der Waals surface area contributed by atoms with Gasteiger partial charge in [0.15, 0.2) is 15.8 Å². The highest BCUT2D eigenvalue weighted by atomic mass is 127. The second-order valence-electron chi connectivity index (χ2n) is 5.19. The van der Waals surface area contributed by atoms with E-state index in [1.165, 1.54) is 6.33 Å². The molecule has 0 saturated heterocycles. The average Bonchev–Trinajstić information content (AvgIpc) is 2.98. The SMILES string of the molecule is CCNC(=NCc1ncnn1C)NCCS(=O)(=O)c1ccc(Br)cc1.I. The predicted molar refractivity (Wildman–Crippen MR) is 115 cm³/mol. The predicted octanol–water partition coefficient (Wildman–Crippen LogP) is 1.72. The third-order valence-corrected chi connectivity index (χ3v) is 5.62. The third kappa shape index (κ3) is 6.83. The Morgan fingerprint density at radius 1 is 1.27 bits per heavy atom. The van der Waals surface area contributed by atoms with Gasteiger partial charge in [0, 0.05) is 24.6 Å². The number of benzene rings is 1.